The third-order valence-electron chi connectivity index (χ3n) is 5.63. The molecule has 1 aromatic heterocycles. The molecule has 4 rings (SSSR count). The first kappa shape index (κ1) is 16.6. The predicted octanol–water partition coefficient (Wildman–Crippen LogP) is 0.924. The fraction of sp³-hybridized carbons (Fsp3) is 0.421. The zero-order valence-corrected chi connectivity index (χ0v) is 14.6. The summed E-state index contributed by atoms with van der Waals surface area (Å²) in [5.74, 6) is 0.544. The van der Waals surface area contributed by atoms with E-state index in [1.807, 2.05) is 40.1 Å². The molecule has 0 radical (unpaired) electrons. The average Bonchev–Trinajstić information content (AvgIpc) is 3.30. The zero-order valence-electron chi connectivity index (χ0n) is 14.6. The van der Waals surface area contributed by atoms with Crippen molar-refractivity contribution in [2.24, 2.45) is 11.8 Å². The van der Waals surface area contributed by atoms with E-state index < -0.39 is 0 Å². The zero-order chi connectivity index (χ0) is 18.3. The number of aromatic nitrogens is 2. The minimum atomic E-state index is -0.248. The number of rotatable bonds is 3. The Morgan fingerprint density at radius 3 is 2.58 bits per heavy atom. The van der Waals surface area contributed by atoms with Crippen LogP contribution in [0.4, 0.5) is 0 Å². The number of aromatic amines is 2. The normalized spacial score (nSPS) is 24.7. The number of nitrogens with zero attached hydrogens (tertiary/aromatic N) is 2. The van der Waals surface area contributed by atoms with Gasteiger partial charge in [0, 0.05) is 50.2 Å². The van der Waals surface area contributed by atoms with Crippen molar-refractivity contribution in [3.8, 4) is 0 Å². The Hall–Kier alpha value is -2.83. The highest BCUT2D eigenvalue weighted by molar-refractivity contribution is 5.79. The molecule has 2 aromatic rings. The van der Waals surface area contributed by atoms with Crippen molar-refractivity contribution in [1.82, 2.24) is 20.0 Å². The average molecular weight is 354 g/mol. The summed E-state index contributed by atoms with van der Waals surface area (Å²) in [6.07, 6.45) is 1.64. The number of amides is 2. The van der Waals surface area contributed by atoms with Gasteiger partial charge in [-0.25, -0.2) is 0 Å². The Morgan fingerprint density at radius 1 is 1.15 bits per heavy atom. The van der Waals surface area contributed by atoms with Crippen LogP contribution in [-0.2, 0) is 16.0 Å². The summed E-state index contributed by atoms with van der Waals surface area (Å²) in [6, 6.07) is 10.0. The molecule has 0 spiro atoms. The van der Waals surface area contributed by atoms with E-state index in [1.54, 1.807) is 13.1 Å². The van der Waals surface area contributed by atoms with Crippen LogP contribution in [0, 0.1) is 11.8 Å². The molecule has 2 aliphatic heterocycles. The molecule has 7 heteroatoms. The molecule has 2 amide bonds. The van der Waals surface area contributed by atoms with Gasteiger partial charge in [0.05, 0.1) is 12.5 Å². The third kappa shape index (κ3) is 2.83. The van der Waals surface area contributed by atoms with Crippen LogP contribution in [0.2, 0.25) is 0 Å². The topological polar surface area (TPSA) is 89.3 Å². The number of hydrogen-bond donors (Lipinski definition) is 2. The Kier molecular flexibility index (Phi) is 4.14. The molecule has 2 N–H and O–H groups in total. The molecule has 2 saturated heterocycles. The van der Waals surface area contributed by atoms with Gasteiger partial charge in [-0.3, -0.25) is 19.5 Å². The van der Waals surface area contributed by atoms with Crippen molar-refractivity contribution >= 4 is 11.8 Å². The van der Waals surface area contributed by atoms with E-state index in [0.717, 1.165) is 5.56 Å². The summed E-state index contributed by atoms with van der Waals surface area (Å²) in [7, 11) is 0. The molecular weight excluding hydrogens is 332 g/mol. The van der Waals surface area contributed by atoms with Gasteiger partial charge < -0.3 is 14.9 Å². The van der Waals surface area contributed by atoms with Gasteiger partial charge in [-0.2, -0.15) is 0 Å². The van der Waals surface area contributed by atoms with Crippen LogP contribution in [0.1, 0.15) is 24.1 Å². The lowest BCUT2D eigenvalue weighted by molar-refractivity contribution is -0.131. The fourth-order valence-corrected chi connectivity index (χ4v) is 4.39. The summed E-state index contributed by atoms with van der Waals surface area (Å²) in [5, 5.41) is 5.08. The SMILES string of the molecule is CC(=O)N1C[C@H]2CN(C(=O)Cc3c[nH][nH]c3=O)C[C@H]2[C@@H]1c1ccccc1. The lowest BCUT2D eigenvalue weighted by Crippen LogP contribution is -2.37. The minimum absolute atomic E-state index is 0.00663. The van der Waals surface area contributed by atoms with Gasteiger partial charge >= 0.3 is 0 Å². The second-order valence-corrected chi connectivity index (χ2v) is 7.19. The molecule has 0 aliphatic carbocycles. The van der Waals surface area contributed by atoms with Crippen molar-refractivity contribution in [1.29, 1.82) is 0 Å². The Bertz CT molecular complexity index is 872. The Balaban J connectivity index is 1.53. The number of benzene rings is 1. The summed E-state index contributed by atoms with van der Waals surface area (Å²) >= 11 is 0. The first-order valence-corrected chi connectivity index (χ1v) is 8.89. The number of likely N-dealkylation sites (tertiary alicyclic amines) is 2. The van der Waals surface area contributed by atoms with Crippen molar-refractivity contribution in [3.63, 3.8) is 0 Å². The van der Waals surface area contributed by atoms with Crippen molar-refractivity contribution in [2.45, 2.75) is 19.4 Å². The van der Waals surface area contributed by atoms with Crippen LogP contribution < -0.4 is 5.56 Å². The van der Waals surface area contributed by atoms with Gasteiger partial charge in [0.1, 0.15) is 0 Å². The first-order valence-electron chi connectivity index (χ1n) is 8.89. The molecule has 26 heavy (non-hydrogen) atoms. The lowest BCUT2D eigenvalue weighted by atomic mass is 9.89. The quantitative estimate of drug-likeness (QED) is 0.859. The highest BCUT2D eigenvalue weighted by Crippen LogP contribution is 2.44. The number of hydrogen-bond acceptors (Lipinski definition) is 3. The Morgan fingerprint density at radius 2 is 1.92 bits per heavy atom. The Labute approximate surface area is 151 Å². The number of fused-ring (bicyclic) bond motifs is 1. The molecule has 3 heterocycles. The van der Waals surface area contributed by atoms with E-state index in [4.69, 9.17) is 0 Å². The smallest absolute Gasteiger partial charge is 0.267 e. The standard InChI is InChI=1S/C19H22N4O3/c1-12(24)23-10-15-9-22(17(25)7-14-8-20-21-19(14)26)11-16(15)18(23)13-5-3-2-4-6-13/h2-6,8,15-16,18H,7,9-11H2,1H3,(H2,20,21,26)/t15-,16-,18+/m1/s1. The van der Waals surface area contributed by atoms with Gasteiger partial charge in [0.25, 0.3) is 5.56 Å². The van der Waals surface area contributed by atoms with Crippen molar-refractivity contribution in [3.05, 3.63) is 58.0 Å². The first-order chi connectivity index (χ1) is 12.5. The van der Waals surface area contributed by atoms with Gasteiger partial charge in [0.2, 0.25) is 11.8 Å². The largest absolute Gasteiger partial charge is 0.342 e. The molecule has 0 unspecified atom stereocenters. The van der Waals surface area contributed by atoms with Crippen LogP contribution in [0.5, 0.6) is 0 Å². The molecule has 7 nitrogen and oxygen atoms in total. The predicted molar refractivity (Wildman–Crippen MR) is 95.2 cm³/mol. The number of carbonyl (C=O) groups excluding carboxylic acids is 2. The maximum absolute atomic E-state index is 12.6. The van der Waals surface area contributed by atoms with Gasteiger partial charge in [-0.15, -0.1) is 0 Å². The number of H-pyrrole nitrogens is 2. The number of carbonyl (C=O) groups is 2. The second kappa shape index (κ2) is 6.48. The van der Waals surface area contributed by atoms with Crippen molar-refractivity contribution in [2.75, 3.05) is 19.6 Å². The molecular formula is C19H22N4O3. The van der Waals surface area contributed by atoms with Gasteiger partial charge in [0.15, 0.2) is 0 Å². The fourth-order valence-electron chi connectivity index (χ4n) is 4.39. The minimum Gasteiger partial charge on any atom is -0.342 e. The van der Waals surface area contributed by atoms with Crippen molar-refractivity contribution < 1.29 is 9.59 Å². The van der Waals surface area contributed by atoms with Crippen LogP contribution in [0.25, 0.3) is 0 Å². The summed E-state index contributed by atoms with van der Waals surface area (Å²) in [6.45, 7) is 3.54. The molecule has 136 valence electrons. The van der Waals surface area contributed by atoms with Gasteiger partial charge in [-0.1, -0.05) is 30.3 Å². The molecule has 1 aromatic carbocycles. The highest BCUT2D eigenvalue weighted by atomic mass is 16.2. The van der Waals surface area contributed by atoms with E-state index in [-0.39, 0.29) is 41.7 Å². The second-order valence-electron chi connectivity index (χ2n) is 7.19. The summed E-state index contributed by atoms with van der Waals surface area (Å²) < 4.78 is 0. The van der Waals surface area contributed by atoms with Gasteiger partial charge in [-0.05, 0) is 5.56 Å². The molecule has 2 fully saturated rings. The summed E-state index contributed by atoms with van der Waals surface area (Å²) in [4.78, 5) is 40.2. The maximum atomic E-state index is 12.6. The van der Waals surface area contributed by atoms with Crippen LogP contribution >= 0.6 is 0 Å². The third-order valence-corrected chi connectivity index (χ3v) is 5.63. The molecule has 0 bridgehead atoms. The molecule has 3 atom stereocenters. The van der Waals surface area contributed by atoms with Crippen LogP contribution in [0.15, 0.2) is 41.3 Å². The highest BCUT2D eigenvalue weighted by Gasteiger charge is 2.49. The van der Waals surface area contributed by atoms with E-state index in [0.29, 0.717) is 25.2 Å². The molecule has 0 saturated carbocycles. The molecule has 2 aliphatic rings. The van der Waals surface area contributed by atoms with E-state index >= 15 is 0 Å². The number of nitrogens with one attached hydrogen (secondary N) is 2. The van der Waals surface area contributed by atoms with Crippen LogP contribution in [-0.4, -0.2) is 51.4 Å². The maximum Gasteiger partial charge on any atom is 0.267 e. The van der Waals surface area contributed by atoms with E-state index in [1.165, 1.54) is 0 Å². The van der Waals surface area contributed by atoms with E-state index in [2.05, 4.69) is 10.2 Å². The summed E-state index contributed by atoms with van der Waals surface area (Å²) in [5.41, 5.74) is 1.33. The monoisotopic (exact) mass is 354 g/mol. The van der Waals surface area contributed by atoms with Crippen LogP contribution in [0.3, 0.4) is 0 Å². The van der Waals surface area contributed by atoms with E-state index in [9.17, 15) is 14.4 Å². The lowest BCUT2D eigenvalue weighted by Gasteiger charge is -2.29.